The van der Waals surface area contributed by atoms with E-state index in [4.69, 9.17) is 8.83 Å². The Bertz CT molecular complexity index is 4860. The average Bonchev–Trinajstić information content (AvgIpc) is 4.04. The predicted octanol–water partition coefficient (Wildman–Crippen LogP) is 20.2. The minimum absolute atomic E-state index is 0.855. The SMILES string of the molecule is c1ccc(-c2c3ccccc3c(-c3cc4cc(-c5c6ccccc6c(-c6cccc7c6ccc6ccccc67)c6ccccc56)c5oc6ccccc6c5c4c4c3oc3ccccc34)c3ccccc23)cc1. The summed E-state index contributed by atoms with van der Waals surface area (Å²) < 4.78 is 14.5. The van der Waals surface area contributed by atoms with Crippen molar-refractivity contribution in [2.45, 2.75) is 0 Å². The maximum absolute atomic E-state index is 7.25. The predicted molar refractivity (Wildman–Crippen MR) is 305 cm³/mol. The summed E-state index contributed by atoms with van der Waals surface area (Å²) in [7, 11) is 0. The van der Waals surface area contributed by atoms with Crippen LogP contribution in [-0.4, -0.2) is 0 Å². The molecule has 0 spiro atoms. The van der Waals surface area contributed by atoms with Gasteiger partial charge in [-0.15, -0.1) is 0 Å². The van der Waals surface area contributed by atoms with Gasteiger partial charge in [-0.25, -0.2) is 0 Å². The summed E-state index contributed by atoms with van der Waals surface area (Å²) >= 11 is 0. The average molecular weight is 913 g/mol. The highest BCUT2D eigenvalue weighted by Crippen LogP contribution is 2.54. The van der Waals surface area contributed by atoms with Crippen LogP contribution in [0.2, 0.25) is 0 Å². The molecule has 0 saturated heterocycles. The Morgan fingerprint density at radius 1 is 0.208 bits per heavy atom. The van der Waals surface area contributed by atoms with Gasteiger partial charge < -0.3 is 8.83 Å². The molecule has 2 heteroatoms. The first-order valence-corrected chi connectivity index (χ1v) is 24.8. The highest BCUT2D eigenvalue weighted by atomic mass is 16.3. The minimum atomic E-state index is 0.855. The Hall–Kier alpha value is -9.50. The van der Waals surface area contributed by atoms with E-state index in [1.807, 2.05) is 0 Å². The highest BCUT2D eigenvalue weighted by Gasteiger charge is 2.28. The van der Waals surface area contributed by atoms with Gasteiger partial charge in [0.05, 0.1) is 0 Å². The molecule has 14 aromatic carbocycles. The second-order valence-corrected chi connectivity index (χ2v) is 19.3. The molecule has 2 aromatic heterocycles. The van der Waals surface area contributed by atoms with E-state index in [2.05, 4.69) is 243 Å². The second-order valence-electron chi connectivity index (χ2n) is 19.3. The van der Waals surface area contributed by atoms with Gasteiger partial charge in [-0.3, -0.25) is 0 Å². The van der Waals surface area contributed by atoms with Gasteiger partial charge in [0.15, 0.2) is 0 Å². The number of rotatable bonds is 4. The molecule has 0 aliphatic rings. The zero-order chi connectivity index (χ0) is 47.0. The summed E-state index contributed by atoms with van der Waals surface area (Å²) in [6.45, 7) is 0. The van der Waals surface area contributed by atoms with Gasteiger partial charge in [0.2, 0.25) is 0 Å². The third-order valence-electron chi connectivity index (χ3n) is 15.6. The fourth-order valence-corrected chi connectivity index (χ4v) is 12.7. The summed E-state index contributed by atoms with van der Waals surface area (Å²) in [4.78, 5) is 0. The van der Waals surface area contributed by atoms with Crippen LogP contribution >= 0.6 is 0 Å². The Balaban J connectivity index is 1.08. The molecule has 2 nitrogen and oxygen atoms in total. The van der Waals surface area contributed by atoms with Gasteiger partial charge in [-0.1, -0.05) is 218 Å². The molecule has 0 N–H and O–H groups in total. The number of para-hydroxylation sites is 2. The second kappa shape index (κ2) is 15.0. The fraction of sp³-hybridized carbons (Fsp3) is 0. The summed E-state index contributed by atoms with van der Waals surface area (Å²) in [6.07, 6.45) is 0. The van der Waals surface area contributed by atoms with E-state index in [1.54, 1.807) is 0 Å². The molecular weight excluding hydrogens is 873 g/mol. The van der Waals surface area contributed by atoms with Crippen molar-refractivity contribution < 1.29 is 8.83 Å². The molecule has 0 fully saturated rings. The molecule has 16 aromatic rings. The van der Waals surface area contributed by atoms with Crippen LogP contribution in [0.15, 0.2) is 251 Å². The standard InChI is InChI=1S/C70H40O2/c1-2-20-42(21-3-1)62-48-23-6-8-25-50(48)65(51-26-9-7-24-49(51)62)58-39-43-40-59(70-68(57-32-15-17-36-61(57)72-70)63(43)67-56-31-14-16-35-60(56)71-69(58)67)66-54-29-12-10-27-52(54)64(53-28-11-13-30-55(53)66)47-34-18-33-45-44-22-5-4-19-41(44)37-38-46(45)47/h1-40H. The van der Waals surface area contributed by atoms with Crippen molar-refractivity contribution in [2.75, 3.05) is 0 Å². The van der Waals surface area contributed by atoms with E-state index in [9.17, 15) is 0 Å². The van der Waals surface area contributed by atoms with Crippen molar-refractivity contribution in [2.24, 2.45) is 0 Å². The van der Waals surface area contributed by atoms with E-state index in [0.717, 1.165) is 76.9 Å². The molecule has 0 saturated carbocycles. The van der Waals surface area contributed by atoms with Gasteiger partial charge in [0, 0.05) is 49.2 Å². The Morgan fingerprint density at radius 2 is 0.597 bits per heavy atom. The largest absolute Gasteiger partial charge is 0.455 e. The zero-order valence-electron chi connectivity index (χ0n) is 38.9. The molecule has 16 rings (SSSR count). The quantitative estimate of drug-likeness (QED) is 0.130. The third-order valence-corrected chi connectivity index (χ3v) is 15.6. The van der Waals surface area contributed by atoms with Crippen LogP contribution in [0.3, 0.4) is 0 Å². The third kappa shape index (κ3) is 5.44. The fourth-order valence-electron chi connectivity index (χ4n) is 12.7. The van der Waals surface area contributed by atoms with Crippen LogP contribution in [0.4, 0.5) is 0 Å². The van der Waals surface area contributed by atoms with Crippen molar-refractivity contribution >= 4 is 119 Å². The van der Waals surface area contributed by atoms with E-state index < -0.39 is 0 Å². The molecule has 0 atom stereocenters. The first kappa shape index (κ1) is 39.4. The van der Waals surface area contributed by atoms with Crippen molar-refractivity contribution in [3.05, 3.63) is 243 Å². The Kier molecular flexibility index (Phi) is 8.20. The van der Waals surface area contributed by atoms with Gasteiger partial charge >= 0.3 is 0 Å². The summed E-state index contributed by atoms with van der Waals surface area (Å²) in [5.74, 6) is 0. The molecule has 0 aliphatic heterocycles. The summed E-state index contributed by atoms with van der Waals surface area (Å²) in [6, 6.07) is 88.7. The molecule has 0 bridgehead atoms. The maximum Gasteiger partial charge on any atom is 0.143 e. The van der Waals surface area contributed by atoms with Gasteiger partial charge in [-0.05, 0) is 117 Å². The molecule has 0 unspecified atom stereocenters. The summed E-state index contributed by atoms with van der Waals surface area (Å²) in [5, 5.41) is 21.1. The van der Waals surface area contributed by atoms with Crippen LogP contribution in [-0.2, 0) is 0 Å². The van der Waals surface area contributed by atoms with Crippen LogP contribution in [0.25, 0.3) is 164 Å². The van der Waals surface area contributed by atoms with Gasteiger partial charge in [-0.2, -0.15) is 0 Å². The molecule has 332 valence electrons. The molecule has 0 aliphatic carbocycles. The zero-order valence-corrected chi connectivity index (χ0v) is 38.9. The molecular formula is C70H40O2. The molecule has 0 amide bonds. The van der Waals surface area contributed by atoms with Crippen molar-refractivity contribution in [3.8, 4) is 44.5 Å². The van der Waals surface area contributed by atoms with Crippen molar-refractivity contribution in [1.29, 1.82) is 0 Å². The number of benzene rings is 14. The van der Waals surface area contributed by atoms with E-state index in [1.165, 1.54) is 86.9 Å². The summed E-state index contributed by atoms with van der Waals surface area (Å²) in [5.41, 5.74) is 12.8. The lowest BCUT2D eigenvalue weighted by atomic mass is 9.82. The topological polar surface area (TPSA) is 26.3 Å². The molecule has 0 radical (unpaired) electrons. The first-order valence-electron chi connectivity index (χ1n) is 24.8. The normalized spacial score (nSPS) is 12.2. The number of hydrogen-bond acceptors (Lipinski definition) is 2. The van der Waals surface area contributed by atoms with Crippen molar-refractivity contribution in [3.63, 3.8) is 0 Å². The van der Waals surface area contributed by atoms with Gasteiger partial charge in [0.25, 0.3) is 0 Å². The highest BCUT2D eigenvalue weighted by molar-refractivity contribution is 6.37. The molecule has 2 heterocycles. The monoisotopic (exact) mass is 912 g/mol. The lowest BCUT2D eigenvalue weighted by Crippen LogP contribution is -1.93. The van der Waals surface area contributed by atoms with Crippen LogP contribution in [0.5, 0.6) is 0 Å². The van der Waals surface area contributed by atoms with Crippen molar-refractivity contribution in [1.82, 2.24) is 0 Å². The minimum Gasteiger partial charge on any atom is -0.455 e. The van der Waals surface area contributed by atoms with Gasteiger partial charge in [0.1, 0.15) is 22.3 Å². The number of furan rings is 2. The lowest BCUT2D eigenvalue weighted by Gasteiger charge is -2.20. The Labute approximate surface area is 413 Å². The first-order chi connectivity index (χ1) is 35.8. The number of fused-ring (bicyclic) bond motifs is 16. The molecule has 72 heavy (non-hydrogen) atoms. The Morgan fingerprint density at radius 3 is 1.10 bits per heavy atom. The van der Waals surface area contributed by atoms with Crippen LogP contribution in [0.1, 0.15) is 0 Å². The maximum atomic E-state index is 7.25. The van der Waals surface area contributed by atoms with Crippen LogP contribution < -0.4 is 0 Å². The van der Waals surface area contributed by atoms with Crippen LogP contribution in [0, 0.1) is 0 Å². The van der Waals surface area contributed by atoms with E-state index in [0.29, 0.717) is 0 Å². The van der Waals surface area contributed by atoms with E-state index >= 15 is 0 Å². The lowest BCUT2D eigenvalue weighted by molar-refractivity contribution is 0.670. The number of hydrogen-bond donors (Lipinski definition) is 0. The smallest absolute Gasteiger partial charge is 0.143 e. The van der Waals surface area contributed by atoms with E-state index in [-0.39, 0.29) is 0 Å².